The number of aliphatic imine (C=N–C) groups is 1. The Labute approximate surface area is 64.6 Å². The first-order chi connectivity index (χ1) is 4.86. The summed E-state index contributed by atoms with van der Waals surface area (Å²) >= 11 is 1.64. The number of nitrogens with zero attached hydrogens (tertiary/aromatic N) is 1. The molecule has 54 valence electrons. The molecule has 1 heterocycles. The maximum absolute atomic E-state index is 5.57. The zero-order chi connectivity index (χ0) is 6.97. The van der Waals surface area contributed by atoms with Crippen LogP contribution in [0.2, 0.25) is 0 Å². The van der Waals surface area contributed by atoms with Crippen LogP contribution in [0.1, 0.15) is 19.3 Å². The Morgan fingerprint density at radius 2 is 2.60 bits per heavy atom. The minimum atomic E-state index is 0.429. The number of thioether (sulfide) groups is 1. The molecule has 0 aromatic carbocycles. The normalized spacial score (nSPS) is 31.0. The molecule has 0 bridgehead atoms. The van der Waals surface area contributed by atoms with Crippen molar-refractivity contribution in [2.24, 2.45) is 10.7 Å². The molecular weight excluding hydrogens is 144 g/mol. The van der Waals surface area contributed by atoms with Crippen molar-refractivity contribution in [2.45, 2.75) is 25.3 Å². The summed E-state index contributed by atoms with van der Waals surface area (Å²) in [7, 11) is 0. The molecule has 10 heavy (non-hydrogen) atoms. The van der Waals surface area contributed by atoms with Crippen LogP contribution in [0, 0.1) is 0 Å². The van der Waals surface area contributed by atoms with Gasteiger partial charge >= 0.3 is 0 Å². The second kappa shape index (κ2) is 2.31. The molecule has 0 saturated carbocycles. The lowest BCUT2D eigenvalue weighted by molar-refractivity contribution is 0.644. The van der Waals surface area contributed by atoms with Gasteiger partial charge in [-0.3, -0.25) is 4.99 Å². The smallest absolute Gasteiger partial charge is 0.159 e. The van der Waals surface area contributed by atoms with E-state index in [1.54, 1.807) is 11.8 Å². The molecule has 0 amide bonds. The van der Waals surface area contributed by atoms with Gasteiger partial charge in [0, 0.05) is 4.91 Å². The SMILES string of the molecule is NC1=NC2CCCC=C2S1. The molecule has 0 radical (unpaired) electrons. The summed E-state index contributed by atoms with van der Waals surface area (Å²) < 4.78 is 0. The largest absolute Gasteiger partial charge is 0.378 e. The number of fused-ring (bicyclic) bond motifs is 1. The molecule has 3 heteroatoms. The molecule has 0 aromatic heterocycles. The summed E-state index contributed by atoms with van der Waals surface area (Å²) in [6.07, 6.45) is 5.94. The fraction of sp³-hybridized carbons (Fsp3) is 0.571. The third kappa shape index (κ3) is 0.944. The summed E-state index contributed by atoms with van der Waals surface area (Å²) in [6, 6.07) is 0.429. The van der Waals surface area contributed by atoms with Crippen LogP contribution < -0.4 is 5.73 Å². The molecule has 1 atom stereocenters. The van der Waals surface area contributed by atoms with Gasteiger partial charge in [-0.05, 0) is 19.3 Å². The van der Waals surface area contributed by atoms with Crippen molar-refractivity contribution in [3.63, 3.8) is 0 Å². The lowest BCUT2D eigenvalue weighted by atomic mass is 10.0. The Bertz CT molecular complexity index is 208. The molecule has 0 aromatic rings. The van der Waals surface area contributed by atoms with E-state index in [2.05, 4.69) is 11.1 Å². The Morgan fingerprint density at radius 3 is 3.40 bits per heavy atom. The van der Waals surface area contributed by atoms with Crippen molar-refractivity contribution < 1.29 is 0 Å². The zero-order valence-electron chi connectivity index (χ0n) is 5.71. The molecule has 0 spiro atoms. The average molecular weight is 154 g/mol. The van der Waals surface area contributed by atoms with Crippen LogP contribution in [0.4, 0.5) is 0 Å². The Hall–Kier alpha value is -0.440. The van der Waals surface area contributed by atoms with Gasteiger partial charge in [0.15, 0.2) is 5.17 Å². The second-order valence-electron chi connectivity index (χ2n) is 2.62. The highest BCUT2D eigenvalue weighted by Crippen LogP contribution is 2.35. The van der Waals surface area contributed by atoms with E-state index >= 15 is 0 Å². The topological polar surface area (TPSA) is 38.4 Å². The zero-order valence-corrected chi connectivity index (χ0v) is 6.53. The van der Waals surface area contributed by atoms with Crippen molar-refractivity contribution in [1.29, 1.82) is 0 Å². The van der Waals surface area contributed by atoms with Crippen molar-refractivity contribution in [1.82, 2.24) is 0 Å². The van der Waals surface area contributed by atoms with Crippen LogP contribution in [-0.4, -0.2) is 11.2 Å². The van der Waals surface area contributed by atoms with E-state index in [0.717, 1.165) is 5.17 Å². The first-order valence-electron chi connectivity index (χ1n) is 3.57. The molecule has 0 fully saturated rings. The number of hydrogen-bond acceptors (Lipinski definition) is 3. The van der Waals surface area contributed by atoms with Crippen LogP contribution in [0.15, 0.2) is 16.0 Å². The summed E-state index contributed by atoms with van der Waals surface area (Å²) in [5.74, 6) is 0. The van der Waals surface area contributed by atoms with Gasteiger partial charge in [-0.15, -0.1) is 0 Å². The third-order valence-corrected chi connectivity index (χ3v) is 2.85. The van der Waals surface area contributed by atoms with E-state index in [9.17, 15) is 0 Å². The predicted molar refractivity (Wildman–Crippen MR) is 44.9 cm³/mol. The molecule has 2 aliphatic rings. The van der Waals surface area contributed by atoms with Gasteiger partial charge in [-0.2, -0.15) is 0 Å². The summed E-state index contributed by atoms with van der Waals surface area (Å²) in [6.45, 7) is 0. The quantitative estimate of drug-likeness (QED) is 0.574. The van der Waals surface area contributed by atoms with Gasteiger partial charge in [0.25, 0.3) is 0 Å². The van der Waals surface area contributed by atoms with Gasteiger partial charge in [0.05, 0.1) is 6.04 Å². The molecule has 2 rings (SSSR count). The Balaban J connectivity index is 2.23. The first kappa shape index (κ1) is 6.28. The molecule has 1 aliphatic carbocycles. The fourth-order valence-electron chi connectivity index (χ4n) is 1.37. The van der Waals surface area contributed by atoms with Crippen LogP contribution in [0.25, 0.3) is 0 Å². The minimum absolute atomic E-state index is 0.429. The van der Waals surface area contributed by atoms with Gasteiger partial charge < -0.3 is 5.73 Å². The molecule has 1 unspecified atom stereocenters. The predicted octanol–water partition coefficient (Wildman–Crippen LogP) is 1.48. The van der Waals surface area contributed by atoms with Crippen molar-refractivity contribution in [3.05, 3.63) is 11.0 Å². The van der Waals surface area contributed by atoms with Crippen LogP contribution in [0.5, 0.6) is 0 Å². The van der Waals surface area contributed by atoms with E-state index < -0.39 is 0 Å². The first-order valence-corrected chi connectivity index (χ1v) is 4.39. The van der Waals surface area contributed by atoms with Gasteiger partial charge in [-0.1, -0.05) is 17.8 Å². The minimum Gasteiger partial charge on any atom is -0.378 e. The van der Waals surface area contributed by atoms with Gasteiger partial charge in [-0.25, -0.2) is 0 Å². The summed E-state index contributed by atoms with van der Waals surface area (Å²) in [5, 5.41) is 0.748. The molecule has 0 saturated heterocycles. The maximum Gasteiger partial charge on any atom is 0.159 e. The van der Waals surface area contributed by atoms with Crippen molar-refractivity contribution in [2.75, 3.05) is 0 Å². The highest BCUT2D eigenvalue weighted by atomic mass is 32.2. The van der Waals surface area contributed by atoms with Crippen LogP contribution in [0.3, 0.4) is 0 Å². The molecule has 1 aliphatic heterocycles. The number of allylic oxidation sites excluding steroid dienone is 1. The number of rotatable bonds is 0. The molecular formula is C7H10N2S. The van der Waals surface area contributed by atoms with E-state index in [1.165, 1.54) is 24.2 Å². The standard InChI is InChI=1S/C7H10N2S/c8-7-9-5-3-1-2-4-6(5)10-7/h4-5H,1-3H2,(H2,8,9). The Kier molecular flexibility index (Phi) is 1.45. The highest BCUT2D eigenvalue weighted by Gasteiger charge is 2.23. The van der Waals surface area contributed by atoms with E-state index in [4.69, 9.17) is 5.73 Å². The Morgan fingerprint density at radius 1 is 1.70 bits per heavy atom. The third-order valence-electron chi connectivity index (χ3n) is 1.86. The highest BCUT2D eigenvalue weighted by molar-refractivity contribution is 8.17. The van der Waals surface area contributed by atoms with E-state index in [0.29, 0.717) is 6.04 Å². The summed E-state index contributed by atoms with van der Waals surface area (Å²) in [4.78, 5) is 5.68. The van der Waals surface area contributed by atoms with Crippen molar-refractivity contribution >= 4 is 16.9 Å². The molecule has 2 nitrogen and oxygen atoms in total. The van der Waals surface area contributed by atoms with Gasteiger partial charge in [0.2, 0.25) is 0 Å². The van der Waals surface area contributed by atoms with E-state index in [1.807, 2.05) is 0 Å². The van der Waals surface area contributed by atoms with E-state index in [-0.39, 0.29) is 0 Å². The second-order valence-corrected chi connectivity index (χ2v) is 3.72. The number of nitrogens with two attached hydrogens (primary N) is 1. The van der Waals surface area contributed by atoms with Crippen LogP contribution in [-0.2, 0) is 0 Å². The maximum atomic E-state index is 5.57. The fourth-order valence-corrected chi connectivity index (χ4v) is 2.30. The lowest BCUT2D eigenvalue weighted by Gasteiger charge is -2.12. The van der Waals surface area contributed by atoms with Crippen LogP contribution >= 0.6 is 11.8 Å². The molecule has 2 N–H and O–H groups in total. The van der Waals surface area contributed by atoms with Gasteiger partial charge in [0.1, 0.15) is 0 Å². The monoisotopic (exact) mass is 154 g/mol. The summed E-state index contributed by atoms with van der Waals surface area (Å²) in [5.41, 5.74) is 5.57. The number of hydrogen-bond donors (Lipinski definition) is 1. The number of amidine groups is 1. The average Bonchev–Trinajstić information content (AvgIpc) is 2.27. The van der Waals surface area contributed by atoms with Crippen molar-refractivity contribution in [3.8, 4) is 0 Å². The lowest BCUT2D eigenvalue weighted by Crippen LogP contribution is -2.06.